The predicted molar refractivity (Wildman–Crippen MR) is 76.3 cm³/mol. The summed E-state index contributed by atoms with van der Waals surface area (Å²) in [6, 6.07) is 2.36. The summed E-state index contributed by atoms with van der Waals surface area (Å²) in [7, 11) is 0. The highest BCUT2D eigenvalue weighted by atomic mass is 19.1. The third-order valence-electron chi connectivity index (χ3n) is 4.51. The van der Waals surface area contributed by atoms with Crippen molar-refractivity contribution in [3.8, 4) is 0 Å². The van der Waals surface area contributed by atoms with Crippen molar-refractivity contribution in [3.63, 3.8) is 0 Å². The first kappa shape index (κ1) is 15.1. The molecule has 118 valence electrons. The fourth-order valence-corrected chi connectivity index (χ4v) is 3.28. The summed E-state index contributed by atoms with van der Waals surface area (Å²) < 4.78 is 28.8. The molecule has 0 aliphatic carbocycles. The summed E-state index contributed by atoms with van der Waals surface area (Å²) >= 11 is 0. The quantitative estimate of drug-likeness (QED) is 0.821. The number of carbonyl (C=O) groups is 2. The number of nitrogens with one attached hydrogen (secondary N) is 2. The Morgan fingerprint density at radius 1 is 0.955 bits per heavy atom. The van der Waals surface area contributed by atoms with Crippen LogP contribution in [0, 0.1) is 11.6 Å². The van der Waals surface area contributed by atoms with E-state index < -0.39 is 23.5 Å². The predicted octanol–water partition coefficient (Wildman–Crippen LogP) is 1.95. The van der Waals surface area contributed by atoms with Crippen molar-refractivity contribution < 1.29 is 18.4 Å². The van der Waals surface area contributed by atoms with E-state index in [4.69, 9.17) is 0 Å². The molecule has 0 spiro atoms. The molecule has 0 aromatic heterocycles. The van der Waals surface area contributed by atoms with E-state index in [1.165, 1.54) is 6.07 Å². The fourth-order valence-electron chi connectivity index (χ4n) is 3.28. The van der Waals surface area contributed by atoms with E-state index in [1.54, 1.807) is 0 Å². The van der Waals surface area contributed by atoms with Gasteiger partial charge in [0.15, 0.2) is 0 Å². The highest BCUT2D eigenvalue weighted by molar-refractivity contribution is 6.00. The lowest BCUT2D eigenvalue weighted by Crippen LogP contribution is -2.39. The summed E-state index contributed by atoms with van der Waals surface area (Å²) in [6.07, 6.45) is 1.91. The van der Waals surface area contributed by atoms with Crippen LogP contribution in [0.2, 0.25) is 0 Å². The third-order valence-corrected chi connectivity index (χ3v) is 4.51. The highest BCUT2D eigenvalue weighted by Crippen LogP contribution is 2.33. The molecule has 1 atom stereocenters. The largest absolute Gasteiger partial charge is 0.317 e. The minimum atomic E-state index is -0.797. The molecular formula is C16H18F2N2O2. The number of carbonyl (C=O) groups excluding carboxylic acids is 2. The Labute approximate surface area is 127 Å². The summed E-state index contributed by atoms with van der Waals surface area (Å²) in [5, 5.41) is 5.37. The van der Waals surface area contributed by atoms with Crippen LogP contribution in [0.5, 0.6) is 0 Å². The maximum absolute atomic E-state index is 14.4. The average Bonchev–Trinajstić information content (AvgIpc) is 2.50. The summed E-state index contributed by atoms with van der Waals surface area (Å²) in [4.78, 5) is 23.0. The average molecular weight is 308 g/mol. The number of benzene rings is 1. The first-order valence-electron chi connectivity index (χ1n) is 7.59. The molecule has 2 amide bonds. The zero-order chi connectivity index (χ0) is 15.7. The lowest BCUT2D eigenvalue weighted by atomic mass is 9.85. The van der Waals surface area contributed by atoms with Crippen LogP contribution in [-0.2, 0) is 9.59 Å². The lowest BCUT2D eigenvalue weighted by Gasteiger charge is -2.25. The molecule has 22 heavy (non-hydrogen) atoms. The van der Waals surface area contributed by atoms with Gasteiger partial charge in [-0.25, -0.2) is 8.78 Å². The second-order valence-electron chi connectivity index (χ2n) is 5.92. The van der Waals surface area contributed by atoms with Gasteiger partial charge in [-0.2, -0.15) is 0 Å². The minimum Gasteiger partial charge on any atom is -0.317 e. The minimum absolute atomic E-state index is 0.00607. The van der Waals surface area contributed by atoms with Crippen molar-refractivity contribution in [2.45, 2.75) is 37.5 Å². The SMILES string of the molecule is O=C1CCC(c2cc(F)c(C3CCNCC3)cc2F)C(=O)N1. The van der Waals surface area contributed by atoms with Gasteiger partial charge in [0.05, 0.1) is 5.92 Å². The highest BCUT2D eigenvalue weighted by Gasteiger charge is 2.31. The van der Waals surface area contributed by atoms with Crippen LogP contribution in [0.3, 0.4) is 0 Å². The van der Waals surface area contributed by atoms with E-state index in [0.29, 0.717) is 5.56 Å². The normalized spacial score (nSPS) is 23.5. The number of hydrogen-bond acceptors (Lipinski definition) is 3. The van der Waals surface area contributed by atoms with Gasteiger partial charge in [-0.1, -0.05) is 0 Å². The molecule has 0 bridgehead atoms. The van der Waals surface area contributed by atoms with E-state index in [9.17, 15) is 18.4 Å². The lowest BCUT2D eigenvalue weighted by molar-refractivity contribution is -0.134. The molecule has 0 radical (unpaired) electrons. The molecule has 2 heterocycles. The number of halogens is 2. The Bertz CT molecular complexity index is 612. The van der Waals surface area contributed by atoms with Gasteiger partial charge in [-0.15, -0.1) is 0 Å². The van der Waals surface area contributed by atoms with Crippen molar-refractivity contribution in [2.24, 2.45) is 0 Å². The molecule has 2 saturated heterocycles. The Morgan fingerprint density at radius 2 is 1.59 bits per heavy atom. The number of rotatable bonds is 2. The molecule has 2 fully saturated rings. The van der Waals surface area contributed by atoms with Gasteiger partial charge in [-0.3, -0.25) is 14.9 Å². The van der Waals surface area contributed by atoms with E-state index >= 15 is 0 Å². The maximum atomic E-state index is 14.4. The summed E-state index contributed by atoms with van der Waals surface area (Å²) in [5.74, 6) is -2.74. The van der Waals surface area contributed by atoms with Crippen molar-refractivity contribution in [3.05, 3.63) is 34.9 Å². The van der Waals surface area contributed by atoms with Crippen molar-refractivity contribution in [1.82, 2.24) is 10.6 Å². The van der Waals surface area contributed by atoms with E-state index in [0.717, 1.165) is 32.0 Å². The Morgan fingerprint density at radius 3 is 2.27 bits per heavy atom. The summed E-state index contributed by atoms with van der Waals surface area (Å²) in [5.41, 5.74) is 0.426. The Balaban J connectivity index is 1.89. The van der Waals surface area contributed by atoms with Gasteiger partial charge in [0.25, 0.3) is 0 Å². The molecule has 4 nitrogen and oxygen atoms in total. The third kappa shape index (κ3) is 2.88. The molecular weight excluding hydrogens is 290 g/mol. The molecule has 1 unspecified atom stereocenters. The van der Waals surface area contributed by atoms with Gasteiger partial charge < -0.3 is 5.32 Å². The Hall–Kier alpha value is -1.82. The van der Waals surface area contributed by atoms with Crippen LogP contribution >= 0.6 is 0 Å². The van der Waals surface area contributed by atoms with Crippen LogP contribution in [0.4, 0.5) is 8.78 Å². The van der Waals surface area contributed by atoms with Crippen molar-refractivity contribution in [2.75, 3.05) is 13.1 Å². The zero-order valence-electron chi connectivity index (χ0n) is 12.1. The van der Waals surface area contributed by atoms with Crippen LogP contribution in [0.25, 0.3) is 0 Å². The molecule has 2 aliphatic heterocycles. The van der Waals surface area contributed by atoms with Gasteiger partial charge in [0.2, 0.25) is 11.8 Å². The van der Waals surface area contributed by atoms with Gasteiger partial charge in [0.1, 0.15) is 11.6 Å². The van der Waals surface area contributed by atoms with E-state index in [-0.39, 0.29) is 30.2 Å². The number of amides is 2. The van der Waals surface area contributed by atoms with Crippen molar-refractivity contribution >= 4 is 11.8 Å². The standard InChI is InChI=1S/C16H18F2N2O2/c17-13-8-12(10-1-2-15(21)20-16(10)22)14(18)7-11(13)9-3-5-19-6-4-9/h7-10,19H,1-6H2,(H,20,21,22). The monoisotopic (exact) mass is 308 g/mol. The first-order chi connectivity index (χ1) is 10.6. The summed E-state index contributed by atoms with van der Waals surface area (Å²) in [6.45, 7) is 1.58. The molecule has 2 N–H and O–H groups in total. The first-order valence-corrected chi connectivity index (χ1v) is 7.59. The second-order valence-corrected chi connectivity index (χ2v) is 5.92. The van der Waals surface area contributed by atoms with Gasteiger partial charge >= 0.3 is 0 Å². The van der Waals surface area contributed by atoms with Gasteiger partial charge in [-0.05, 0) is 56.0 Å². The molecule has 1 aromatic carbocycles. The number of piperidine rings is 2. The topological polar surface area (TPSA) is 58.2 Å². The van der Waals surface area contributed by atoms with Crippen LogP contribution < -0.4 is 10.6 Å². The number of hydrogen-bond donors (Lipinski definition) is 2. The zero-order valence-corrected chi connectivity index (χ0v) is 12.1. The molecule has 2 aliphatic rings. The molecule has 1 aromatic rings. The maximum Gasteiger partial charge on any atom is 0.234 e. The van der Waals surface area contributed by atoms with Crippen LogP contribution in [0.15, 0.2) is 12.1 Å². The smallest absolute Gasteiger partial charge is 0.234 e. The van der Waals surface area contributed by atoms with E-state index in [2.05, 4.69) is 10.6 Å². The molecule has 3 rings (SSSR count). The van der Waals surface area contributed by atoms with Crippen LogP contribution in [-0.4, -0.2) is 24.9 Å². The molecule has 0 saturated carbocycles. The number of imide groups is 1. The van der Waals surface area contributed by atoms with E-state index in [1.807, 2.05) is 0 Å². The fraction of sp³-hybridized carbons (Fsp3) is 0.500. The van der Waals surface area contributed by atoms with Gasteiger partial charge in [0, 0.05) is 12.0 Å². The second kappa shape index (κ2) is 6.12. The van der Waals surface area contributed by atoms with Crippen LogP contribution in [0.1, 0.15) is 48.6 Å². The Kier molecular flexibility index (Phi) is 4.20. The molecule has 6 heteroatoms. The van der Waals surface area contributed by atoms with Crippen molar-refractivity contribution in [1.29, 1.82) is 0 Å².